The number of allylic oxidation sites excluding steroid dienone is 1. The monoisotopic (exact) mass is 436 g/mol. The molecule has 0 spiro atoms. The van der Waals surface area contributed by atoms with Crippen molar-refractivity contribution in [3.63, 3.8) is 0 Å². The summed E-state index contributed by atoms with van der Waals surface area (Å²) in [6.07, 6.45) is 3.55. The van der Waals surface area contributed by atoms with Gasteiger partial charge in [0.1, 0.15) is 28.8 Å². The lowest BCUT2D eigenvalue weighted by Gasteiger charge is -2.65. The van der Waals surface area contributed by atoms with Crippen molar-refractivity contribution in [1.29, 1.82) is 0 Å². The van der Waals surface area contributed by atoms with Crippen LogP contribution < -0.4 is 0 Å². The Balaban J connectivity index is 1.66. The van der Waals surface area contributed by atoms with E-state index in [4.69, 9.17) is 16.3 Å². The number of aromatic hydroxyl groups is 2. The number of ether oxygens (including phenoxy) is 1. The number of aliphatic hydroxyl groups excluding tert-OH is 1. The number of halogens is 1. The number of phenols is 2. The summed E-state index contributed by atoms with van der Waals surface area (Å²) in [7, 11) is 0. The summed E-state index contributed by atoms with van der Waals surface area (Å²) in [4.78, 5) is 12.9. The Labute approximate surface area is 181 Å². The van der Waals surface area contributed by atoms with Crippen molar-refractivity contribution in [1.82, 2.24) is 0 Å². The third kappa shape index (κ3) is 2.73. The van der Waals surface area contributed by atoms with E-state index in [1.165, 1.54) is 6.92 Å². The maximum atomic E-state index is 12.9. The van der Waals surface area contributed by atoms with Gasteiger partial charge in [-0.2, -0.15) is 0 Å². The van der Waals surface area contributed by atoms with Crippen molar-refractivity contribution in [2.24, 2.45) is 22.7 Å². The van der Waals surface area contributed by atoms with E-state index in [-0.39, 0.29) is 45.8 Å². The highest BCUT2D eigenvalue weighted by atomic mass is 35.5. The van der Waals surface area contributed by atoms with Crippen LogP contribution in [0.2, 0.25) is 5.02 Å². The molecular weight excluding hydrogens is 408 g/mol. The first-order valence-corrected chi connectivity index (χ1v) is 10.7. The molecule has 0 aromatic heterocycles. The molecule has 164 valence electrons. The zero-order valence-electron chi connectivity index (χ0n) is 17.7. The molecule has 4 rings (SSSR count). The van der Waals surface area contributed by atoms with Gasteiger partial charge in [0.15, 0.2) is 0 Å². The molecule has 30 heavy (non-hydrogen) atoms. The average Bonchev–Trinajstić information content (AvgIpc) is 2.97. The number of hydrogen-bond acceptors (Lipinski definition) is 6. The van der Waals surface area contributed by atoms with Crippen LogP contribution in [-0.4, -0.2) is 44.7 Å². The van der Waals surface area contributed by atoms with Crippen LogP contribution in [0.15, 0.2) is 17.7 Å². The summed E-state index contributed by atoms with van der Waals surface area (Å²) < 4.78 is 5.66. The summed E-state index contributed by atoms with van der Waals surface area (Å²) in [5.74, 6) is -1.07. The van der Waals surface area contributed by atoms with Crippen molar-refractivity contribution in [3.8, 4) is 11.5 Å². The molecule has 3 aliphatic carbocycles. The van der Waals surface area contributed by atoms with E-state index in [2.05, 4.69) is 13.8 Å². The van der Waals surface area contributed by atoms with Crippen LogP contribution in [0.3, 0.4) is 0 Å². The van der Waals surface area contributed by atoms with Gasteiger partial charge in [-0.05, 0) is 54.6 Å². The molecule has 0 radical (unpaired) electrons. The Hall–Kier alpha value is -1.76. The molecule has 1 aromatic carbocycles. The SMILES string of the molecule is Cc1c(Cl)c(O)cc(O)c1C(=O)O[C@@H]1C[C@]2(C)[C@H]3CC(C)(C)C[C@H]3C=C(CO)[C@]12O. The molecule has 0 bridgehead atoms. The van der Waals surface area contributed by atoms with Gasteiger partial charge < -0.3 is 25.2 Å². The third-order valence-electron chi connectivity index (χ3n) is 7.83. The lowest BCUT2D eigenvalue weighted by Crippen LogP contribution is -2.73. The predicted molar refractivity (Wildman–Crippen MR) is 112 cm³/mol. The lowest BCUT2D eigenvalue weighted by atomic mass is 9.44. The van der Waals surface area contributed by atoms with Crippen molar-refractivity contribution < 1.29 is 30.0 Å². The highest BCUT2D eigenvalue weighted by Gasteiger charge is 2.72. The van der Waals surface area contributed by atoms with Crippen molar-refractivity contribution in [2.45, 2.75) is 58.7 Å². The molecule has 0 heterocycles. The summed E-state index contributed by atoms with van der Waals surface area (Å²) in [6.45, 7) is 7.65. The van der Waals surface area contributed by atoms with Crippen LogP contribution >= 0.6 is 11.6 Å². The summed E-state index contributed by atoms with van der Waals surface area (Å²) in [5, 5.41) is 41.6. The fraction of sp³-hybridized carbons (Fsp3) is 0.609. The molecule has 2 fully saturated rings. The van der Waals surface area contributed by atoms with Gasteiger partial charge in [0.2, 0.25) is 0 Å². The number of esters is 1. The van der Waals surface area contributed by atoms with Crippen LogP contribution in [0.25, 0.3) is 0 Å². The Morgan fingerprint density at radius 1 is 1.20 bits per heavy atom. The number of carbonyl (C=O) groups excluding carboxylic acids is 1. The van der Waals surface area contributed by atoms with E-state index in [0.717, 1.165) is 18.9 Å². The summed E-state index contributed by atoms with van der Waals surface area (Å²) in [5.41, 5.74) is -1.25. The predicted octanol–water partition coefficient (Wildman–Crippen LogP) is 3.71. The number of benzene rings is 1. The zero-order chi connectivity index (χ0) is 22.2. The van der Waals surface area contributed by atoms with E-state index < -0.39 is 28.8 Å². The molecular formula is C23H29ClO6. The molecule has 6 nitrogen and oxygen atoms in total. The fourth-order valence-electron chi connectivity index (χ4n) is 6.31. The first kappa shape index (κ1) is 21.5. The lowest BCUT2D eigenvalue weighted by molar-refractivity contribution is -0.250. The molecule has 0 saturated heterocycles. The van der Waals surface area contributed by atoms with Gasteiger partial charge in [-0.1, -0.05) is 38.4 Å². The molecule has 4 N–H and O–H groups in total. The van der Waals surface area contributed by atoms with Crippen molar-refractivity contribution in [3.05, 3.63) is 33.9 Å². The normalized spacial score (nSPS) is 36.4. The second-order valence-corrected chi connectivity index (χ2v) is 10.6. The van der Waals surface area contributed by atoms with Crippen LogP contribution in [0, 0.1) is 29.6 Å². The molecule has 7 heteroatoms. The molecule has 2 saturated carbocycles. The number of rotatable bonds is 3. The highest BCUT2D eigenvalue weighted by Crippen LogP contribution is 2.68. The number of aliphatic hydroxyl groups is 2. The van der Waals surface area contributed by atoms with E-state index >= 15 is 0 Å². The van der Waals surface area contributed by atoms with Gasteiger partial charge in [0, 0.05) is 11.5 Å². The van der Waals surface area contributed by atoms with Gasteiger partial charge in [0.05, 0.1) is 11.6 Å². The number of fused-ring (bicyclic) bond motifs is 3. The van der Waals surface area contributed by atoms with E-state index in [1.54, 1.807) is 0 Å². The number of carbonyl (C=O) groups is 1. The smallest absolute Gasteiger partial charge is 0.342 e. The van der Waals surface area contributed by atoms with Crippen molar-refractivity contribution in [2.75, 3.05) is 6.61 Å². The second-order valence-electron chi connectivity index (χ2n) is 10.2. The van der Waals surface area contributed by atoms with Gasteiger partial charge in [-0.15, -0.1) is 0 Å². The molecule has 0 unspecified atom stereocenters. The number of phenolic OH excluding ortho intramolecular Hbond substituents is 2. The van der Waals surface area contributed by atoms with Gasteiger partial charge in [-0.25, -0.2) is 4.79 Å². The molecule has 5 atom stereocenters. The van der Waals surface area contributed by atoms with E-state index in [1.807, 2.05) is 13.0 Å². The zero-order valence-corrected chi connectivity index (χ0v) is 18.5. The molecule has 0 aliphatic heterocycles. The maximum Gasteiger partial charge on any atom is 0.342 e. The Kier molecular flexibility index (Phi) is 4.74. The molecule has 1 aromatic rings. The van der Waals surface area contributed by atoms with Gasteiger partial charge >= 0.3 is 5.97 Å². The van der Waals surface area contributed by atoms with Crippen molar-refractivity contribution >= 4 is 17.6 Å². The Morgan fingerprint density at radius 3 is 2.50 bits per heavy atom. The average molecular weight is 437 g/mol. The highest BCUT2D eigenvalue weighted by molar-refractivity contribution is 6.33. The first-order valence-electron chi connectivity index (χ1n) is 10.3. The van der Waals surface area contributed by atoms with Crippen LogP contribution in [0.4, 0.5) is 0 Å². The van der Waals surface area contributed by atoms with Crippen LogP contribution in [-0.2, 0) is 4.74 Å². The fourth-order valence-corrected chi connectivity index (χ4v) is 6.46. The minimum Gasteiger partial charge on any atom is -0.507 e. The summed E-state index contributed by atoms with van der Waals surface area (Å²) >= 11 is 6.02. The largest absolute Gasteiger partial charge is 0.507 e. The van der Waals surface area contributed by atoms with Gasteiger partial charge in [-0.3, -0.25) is 0 Å². The maximum absolute atomic E-state index is 12.9. The second kappa shape index (κ2) is 6.62. The Morgan fingerprint density at radius 2 is 1.87 bits per heavy atom. The number of hydrogen-bond donors (Lipinski definition) is 4. The van der Waals surface area contributed by atoms with Gasteiger partial charge in [0.25, 0.3) is 0 Å². The van der Waals surface area contributed by atoms with E-state index in [0.29, 0.717) is 12.0 Å². The molecule has 0 amide bonds. The van der Waals surface area contributed by atoms with Crippen LogP contribution in [0.1, 0.15) is 56.0 Å². The molecule has 3 aliphatic rings. The third-order valence-corrected chi connectivity index (χ3v) is 8.31. The van der Waals surface area contributed by atoms with E-state index in [9.17, 15) is 25.2 Å². The summed E-state index contributed by atoms with van der Waals surface area (Å²) in [6, 6.07) is 0.996. The standard InChI is InChI=1S/C23H29ClO6/c1-11-18(15(26)6-16(27)19(11)24)20(28)30-17-9-22(4)14-8-21(2,3)7-12(14)5-13(10-25)23(17,22)29/h5-6,12,14,17,25-27,29H,7-10H2,1-4H3/t12-,14+,17-,22-,23+/m1/s1. The Bertz CT molecular complexity index is 954. The minimum atomic E-state index is -1.46. The van der Waals surface area contributed by atoms with Crippen LogP contribution in [0.5, 0.6) is 11.5 Å². The topological polar surface area (TPSA) is 107 Å². The minimum absolute atomic E-state index is 0.0402. The quantitative estimate of drug-likeness (QED) is 0.425. The first-order chi connectivity index (χ1) is 13.9.